The fourth-order valence-corrected chi connectivity index (χ4v) is 1.87. The number of alkyl halides is 3. The molecule has 0 aliphatic heterocycles. The van der Waals surface area contributed by atoms with Gasteiger partial charge in [0.05, 0.1) is 0 Å². The number of ketones is 1. The SMILES string of the molecule is CC1=CC(C)(C(Br)(Br)Br)C=CC1=O. The summed E-state index contributed by atoms with van der Waals surface area (Å²) in [7, 11) is 0. The Labute approximate surface area is 103 Å². The Morgan fingerprint density at radius 1 is 1.38 bits per heavy atom. The van der Waals surface area contributed by atoms with Gasteiger partial charge in [0.1, 0.15) is 2.14 Å². The fourth-order valence-electron chi connectivity index (χ4n) is 1.13. The lowest BCUT2D eigenvalue weighted by atomic mass is 9.85. The topological polar surface area (TPSA) is 17.1 Å². The molecule has 0 aromatic carbocycles. The highest BCUT2D eigenvalue weighted by molar-refractivity contribution is 9.39. The first-order valence-corrected chi connectivity index (χ1v) is 6.14. The van der Waals surface area contributed by atoms with E-state index in [4.69, 9.17) is 0 Å². The lowest BCUT2D eigenvalue weighted by Crippen LogP contribution is -2.29. The predicted molar refractivity (Wildman–Crippen MR) is 65.5 cm³/mol. The summed E-state index contributed by atoms with van der Waals surface area (Å²) in [5.41, 5.74) is 0.526. The van der Waals surface area contributed by atoms with E-state index in [0.29, 0.717) is 0 Å². The van der Waals surface area contributed by atoms with E-state index < -0.39 is 2.14 Å². The predicted octanol–water partition coefficient (Wildman–Crippen LogP) is 3.92. The van der Waals surface area contributed by atoms with Gasteiger partial charge in [0, 0.05) is 5.41 Å². The summed E-state index contributed by atoms with van der Waals surface area (Å²) in [5, 5.41) is 0. The zero-order valence-electron chi connectivity index (χ0n) is 7.27. The van der Waals surface area contributed by atoms with Crippen LogP contribution < -0.4 is 0 Å². The fraction of sp³-hybridized carbons (Fsp3) is 0.444. The van der Waals surface area contributed by atoms with Crippen molar-refractivity contribution in [3.05, 3.63) is 23.8 Å². The molecule has 1 atom stereocenters. The monoisotopic (exact) mass is 370 g/mol. The van der Waals surface area contributed by atoms with Gasteiger partial charge in [-0.25, -0.2) is 0 Å². The first kappa shape index (κ1) is 11.7. The Morgan fingerprint density at radius 3 is 2.31 bits per heavy atom. The Morgan fingerprint density at radius 2 is 1.92 bits per heavy atom. The van der Waals surface area contributed by atoms with Crippen LogP contribution in [0.5, 0.6) is 0 Å². The van der Waals surface area contributed by atoms with Gasteiger partial charge < -0.3 is 0 Å². The molecule has 1 unspecified atom stereocenters. The van der Waals surface area contributed by atoms with Crippen LogP contribution in [0.15, 0.2) is 23.8 Å². The molecule has 0 bridgehead atoms. The molecule has 0 aromatic heterocycles. The van der Waals surface area contributed by atoms with Crippen LogP contribution in [0, 0.1) is 5.41 Å². The standard InChI is InChI=1S/C9H9Br3O/c1-6-5-8(2,9(10,11)12)4-3-7(6)13/h3-5H,1-2H3. The Kier molecular flexibility index (Phi) is 3.26. The van der Waals surface area contributed by atoms with E-state index in [9.17, 15) is 4.79 Å². The van der Waals surface area contributed by atoms with E-state index in [1.807, 2.05) is 26.0 Å². The van der Waals surface area contributed by atoms with Gasteiger partial charge in [0.25, 0.3) is 0 Å². The highest BCUT2D eigenvalue weighted by Crippen LogP contribution is 2.52. The van der Waals surface area contributed by atoms with Crippen LogP contribution in [0.2, 0.25) is 0 Å². The van der Waals surface area contributed by atoms with Crippen molar-refractivity contribution in [3.63, 3.8) is 0 Å². The molecule has 1 nitrogen and oxygen atoms in total. The van der Waals surface area contributed by atoms with E-state index in [1.165, 1.54) is 0 Å². The summed E-state index contributed by atoms with van der Waals surface area (Å²) >= 11 is 10.4. The molecule has 0 heterocycles. The molecule has 0 N–H and O–H groups in total. The Bertz CT molecular complexity index is 298. The number of rotatable bonds is 0. The minimum atomic E-state index is -0.404. The molecule has 1 rings (SSSR count). The first-order chi connectivity index (χ1) is 5.76. The molecule has 0 amide bonds. The maximum atomic E-state index is 11.2. The number of allylic oxidation sites excluding steroid dienone is 4. The van der Waals surface area contributed by atoms with Gasteiger partial charge in [-0.15, -0.1) is 0 Å². The number of hydrogen-bond donors (Lipinski definition) is 0. The molecule has 0 aromatic rings. The molecule has 0 fully saturated rings. The summed E-state index contributed by atoms with van der Waals surface area (Å²) in [5.74, 6) is 0.0780. The molecule has 1 aliphatic carbocycles. The average molecular weight is 373 g/mol. The zero-order chi connectivity index (χ0) is 10.3. The molecular weight excluding hydrogens is 364 g/mol. The lowest BCUT2D eigenvalue weighted by Gasteiger charge is -2.33. The second-order valence-corrected chi connectivity index (χ2v) is 10.1. The summed E-state index contributed by atoms with van der Waals surface area (Å²) in [6.45, 7) is 3.85. The van der Waals surface area contributed by atoms with Crippen LogP contribution >= 0.6 is 47.8 Å². The van der Waals surface area contributed by atoms with Gasteiger partial charge in [0.2, 0.25) is 0 Å². The second-order valence-electron chi connectivity index (χ2n) is 3.31. The van der Waals surface area contributed by atoms with E-state index in [2.05, 4.69) is 47.8 Å². The number of carbonyl (C=O) groups is 1. The summed E-state index contributed by atoms with van der Waals surface area (Å²) in [4.78, 5) is 11.2. The minimum Gasteiger partial charge on any atom is -0.290 e. The van der Waals surface area contributed by atoms with Crippen molar-refractivity contribution >= 4 is 53.6 Å². The molecular formula is C9H9Br3O. The van der Waals surface area contributed by atoms with Gasteiger partial charge in [-0.2, -0.15) is 0 Å². The molecule has 1 aliphatic rings. The molecule has 13 heavy (non-hydrogen) atoms. The van der Waals surface area contributed by atoms with Crippen molar-refractivity contribution in [1.82, 2.24) is 0 Å². The third-order valence-corrected chi connectivity index (χ3v) is 4.66. The van der Waals surface area contributed by atoms with E-state index >= 15 is 0 Å². The third kappa shape index (κ3) is 2.34. The van der Waals surface area contributed by atoms with Crippen molar-refractivity contribution in [1.29, 1.82) is 0 Å². The van der Waals surface area contributed by atoms with E-state index in [1.54, 1.807) is 6.08 Å². The second kappa shape index (κ2) is 3.63. The number of halogens is 3. The third-order valence-electron chi connectivity index (χ3n) is 2.10. The number of carbonyl (C=O) groups excluding carboxylic acids is 1. The van der Waals surface area contributed by atoms with Crippen molar-refractivity contribution in [2.24, 2.45) is 5.41 Å². The van der Waals surface area contributed by atoms with Crippen molar-refractivity contribution < 1.29 is 4.79 Å². The van der Waals surface area contributed by atoms with Crippen LogP contribution in [0.1, 0.15) is 13.8 Å². The van der Waals surface area contributed by atoms with Crippen LogP contribution in [-0.2, 0) is 4.79 Å². The van der Waals surface area contributed by atoms with Gasteiger partial charge in [-0.3, -0.25) is 4.79 Å². The summed E-state index contributed by atoms with van der Waals surface area (Å²) in [6, 6.07) is 0. The van der Waals surface area contributed by atoms with E-state index in [0.717, 1.165) is 5.57 Å². The van der Waals surface area contributed by atoms with Crippen LogP contribution in [0.4, 0.5) is 0 Å². The van der Waals surface area contributed by atoms with Crippen LogP contribution in [0.3, 0.4) is 0 Å². The van der Waals surface area contributed by atoms with Crippen molar-refractivity contribution in [2.45, 2.75) is 16.0 Å². The Hall–Kier alpha value is 0.590. The maximum absolute atomic E-state index is 11.2. The normalized spacial score (nSPS) is 29.0. The van der Waals surface area contributed by atoms with Gasteiger partial charge in [-0.1, -0.05) is 59.9 Å². The van der Waals surface area contributed by atoms with Crippen LogP contribution in [-0.4, -0.2) is 7.93 Å². The zero-order valence-corrected chi connectivity index (χ0v) is 12.0. The smallest absolute Gasteiger partial charge is 0.180 e. The average Bonchev–Trinajstić information content (AvgIpc) is 1.95. The summed E-state index contributed by atoms with van der Waals surface area (Å²) in [6.07, 6.45) is 5.42. The highest BCUT2D eigenvalue weighted by Gasteiger charge is 2.40. The highest BCUT2D eigenvalue weighted by atomic mass is 80.0. The molecule has 0 radical (unpaired) electrons. The van der Waals surface area contributed by atoms with Crippen LogP contribution in [0.25, 0.3) is 0 Å². The first-order valence-electron chi connectivity index (χ1n) is 3.76. The minimum absolute atomic E-state index is 0.0780. The largest absolute Gasteiger partial charge is 0.290 e. The van der Waals surface area contributed by atoms with Gasteiger partial charge in [0.15, 0.2) is 5.78 Å². The maximum Gasteiger partial charge on any atom is 0.180 e. The Balaban J connectivity index is 3.10. The lowest BCUT2D eigenvalue weighted by molar-refractivity contribution is -0.111. The summed E-state index contributed by atoms with van der Waals surface area (Å²) < 4.78 is -0.404. The van der Waals surface area contributed by atoms with Crippen molar-refractivity contribution in [2.75, 3.05) is 0 Å². The van der Waals surface area contributed by atoms with E-state index in [-0.39, 0.29) is 11.2 Å². The number of hydrogen-bond acceptors (Lipinski definition) is 1. The van der Waals surface area contributed by atoms with Crippen molar-refractivity contribution in [3.8, 4) is 0 Å². The molecule has 4 heteroatoms. The quantitative estimate of drug-likeness (QED) is 0.589. The molecule has 0 saturated carbocycles. The molecule has 0 saturated heterocycles. The van der Waals surface area contributed by atoms with Gasteiger partial charge >= 0.3 is 0 Å². The molecule has 0 spiro atoms. The molecule has 72 valence electrons. The van der Waals surface area contributed by atoms with Gasteiger partial charge in [-0.05, 0) is 25.5 Å².